The number of anilines is 1. The number of rotatable bonds is 7. The maximum absolute atomic E-state index is 12.7. The third-order valence-electron chi connectivity index (χ3n) is 5.55. The summed E-state index contributed by atoms with van der Waals surface area (Å²) in [6.45, 7) is 3.53. The van der Waals surface area contributed by atoms with Crippen molar-refractivity contribution in [3.8, 4) is 11.1 Å². The number of aliphatic carboxylic acids is 1. The number of nitrogens with one attached hydrogen (secondary N) is 2. The number of fused-ring (bicyclic) bond motifs is 3. The minimum atomic E-state index is -1.36. The molecule has 1 atom stereocenters. The number of aromatic nitrogens is 2. The molecule has 3 N–H and O–H groups in total. The van der Waals surface area contributed by atoms with E-state index in [-0.39, 0.29) is 18.5 Å². The molecule has 9 nitrogen and oxygen atoms in total. The highest BCUT2D eigenvalue weighted by Crippen LogP contribution is 2.44. The summed E-state index contributed by atoms with van der Waals surface area (Å²) in [5, 5.41) is 14.0. The van der Waals surface area contributed by atoms with E-state index in [1.165, 1.54) is 0 Å². The SMILES string of the molecule is Cc1cc(C)nc(NC(=O)C(CC(=O)O)NC(=O)OCC2c3ccccc3-c3ccccc32)n1. The smallest absolute Gasteiger partial charge is 0.407 e. The van der Waals surface area contributed by atoms with Crippen molar-refractivity contribution in [3.05, 3.63) is 77.1 Å². The number of carboxylic acid groups (broad SMARTS) is 1. The molecule has 0 saturated heterocycles. The molecule has 0 fully saturated rings. The third-order valence-corrected chi connectivity index (χ3v) is 5.55. The van der Waals surface area contributed by atoms with Gasteiger partial charge in [0.05, 0.1) is 6.42 Å². The molecule has 1 aliphatic carbocycles. The van der Waals surface area contributed by atoms with E-state index in [4.69, 9.17) is 4.74 Å². The average Bonchev–Trinajstić information content (AvgIpc) is 3.10. The van der Waals surface area contributed by atoms with Gasteiger partial charge in [-0.2, -0.15) is 0 Å². The van der Waals surface area contributed by atoms with Crippen LogP contribution < -0.4 is 10.6 Å². The molecule has 3 aromatic rings. The molecule has 2 aromatic carbocycles. The minimum Gasteiger partial charge on any atom is -0.481 e. The molecule has 9 heteroatoms. The Balaban J connectivity index is 1.43. The predicted molar refractivity (Wildman–Crippen MR) is 124 cm³/mol. The van der Waals surface area contributed by atoms with Crippen LogP contribution in [-0.4, -0.2) is 45.7 Å². The number of carboxylic acids is 1. The molecular formula is C25H24N4O5. The molecule has 1 aromatic heterocycles. The first-order valence-corrected chi connectivity index (χ1v) is 10.8. The number of benzene rings is 2. The van der Waals surface area contributed by atoms with Crippen LogP contribution in [0.15, 0.2) is 54.6 Å². The zero-order chi connectivity index (χ0) is 24.2. The van der Waals surface area contributed by atoms with Crippen molar-refractivity contribution in [1.29, 1.82) is 0 Å². The van der Waals surface area contributed by atoms with E-state index in [2.05, 4.69) is 20.6 Å². The van der Waals surface area contributed by atoms with Crippen LogP contribution in [0.3, 0.4) is 0 Å². The number of carbonyl (C=O) groups excluding carboxylic acids is 2. The molecule has 4 rings (SSSR count). The van der Waals surface area contributed by atoms with Crippen LogP contribution >= 0.6 is 0 Å². The summed E-state index contributed by atoms with van der Waals surface area (Å²) in [5.74, 6) is -2.12. The van der Waals surface area contributed by atoms with Gasteiger partial charge in [0.15, 0.2) is 0 Å². The molecule has 0 bridgehead atoms. The fraction of sp³-hybridized carbons (Fsp3) is 0.240. The van der Waals surface area contributed by atoms with E-state index >= 15 is 0 Å². The van der Waals surface area contributed by atoms with Gasteiger partial charge in [-0.3, -0.25) is 14.9 Å². The highest BCUT2D eigenvalue weighted by Gasteiger charge is 2.30. The van der Waals surface area contributed by atoms with E-state index in [1.54, 1.807) is 19.9 Å². The number of carbonyl (C=O) groups is 3. The first-order chi connectivity index (χ1) is 16.3. The lowest BCUT2D eigenvalue weighted by Gasteiger charge is -2.18. The van der Waals surface area contributed by atoms with Crippen molar-refractivity contribution in [2.24, 2.45) is 0 Å². The van der Waals surface area contributed by atoms with Crippen LogP contribution in [0, 0.1) is 13.8 Å². The standard InChI is InChI=1S/C25H24N4O5/c1-14-11-15(2)27-24(26-14)29-23(32)21(12-22(30)31)28-25(33)34-13-20-18-9-5-3-7-16(18)17-8-4-6-10-19(17)20/h3-11,20-21H,12-13H2,1-2H3,(H,28,33)(H,30,31)(H,26,27,29,32). The molecule has 174 valence electrons. The Morgan fingerprint density at radius 3 is 2.09 bits per heavy atom. The molecule has 2 amide bonds. The van der Waals surface area contributed by atoms with Gasteiger partial charge in [0.25, 0.3) is 0 Å². The molecule has 0 spiro atoms. The monoisotopic (exact) mass is 460 g/mol. The second kappa shape index (κ2) is 9.70. The summed E-state index contributed by atoms with van der Waals surface area (Å²) in [4.78, 5) is 44.7. The van der Waals surface area contributed by atoms with E-state index in [0.717, 1.165) is 22.3 Å². The summed E-state index contributed by atoms with van der Waals surface area (Å²) in [6, 6.07) is 16.2. The Kier molecular flexibility index (Phi) is 6.53. The van der Waals surface area contributed by atoms with Gasteiger partial charge >= 0.3 is 12.1 Å². The fourth-order valence-electron chi connectivity index (χ4n) is 4.15. The molecule has 1 unspecified atom stereocenters. The minimum absolute atomic E-state index is 0.0345. The summed E-state index contributed by atoms with van der Waals surface area (Å²) < 4.78 is 5.44. The summed E-state index contributed by atoms with van der Waals surface area (Å²) >= 11 is 0. The first-order valence-electron chi connectivity index (χ1n) is 10.8. The van der Waals surface area contributed by atoms with Crippen molar-refractivity contribution in [1.82, 2.24) is 15.3 Å². The lowest BCUT2D eigenvalue weighted by Crippen LogP contribution is -2.45. The van der Waals surface area contributed by atoms with Crippen molar-refractivity contribution in [2.45, 2.75) is 32.2 Å². The van der Waals surface area contributed by atoms with E-state index in [9.17, 15) is 19.5 Å². The number of amides is 2. The van der Waals surface area contributed by atoms with Crippen molar-refractivity contribution in [2.75, 3.05) is 11.9 Å². The average molecular weight is 460 g/mol. The molecule has 0 radical (unpaired) electrons. The van der Waals surface area contributed by atoms with Gasteiger partial charge in [-0.25, -0.2) is 14.8 Å². The number of ether oxygens (including phenoxy) is 1. The highest BCUT2D eigenvalue weighted by molar-refractivity contribution is 5.97. The second-order valence-electron chi connectivity index (χ2n) is 8.08. The quantitative estimate of drug-likeness (QED) is 0.492. The van der Waals surface area contributed by atoms with Gasteiger partial charge in [-0.15, -0.1) is 0 Å². The van der Waals surface area contributed by atoms with Gasteiger partial charge < -0.3 is 15.2 Å². The summed E-state index contributed by atoms with van der Waals surface area (Å²) in [5.41, 5.74) is 5.54. The van der Waals surface area contributed by atoms with Crippen molar-refractivity contribution in [3.63, 3.8) is 0 Å². The molecular weight excluding hydrogens is 436 g/mol. The largest absolute Gasteiger partial charge is 0.481 e. The van der Waals surface area contributed by atoms with Gasteiger partial charge in [-0.05, 0) is 42.2 Å². The van der Waals surface area contributed by atoms with Gasteiger partial charge in [0.1, 0.15) is 12.6 Å². The Morgan fingerprint density at radius 1 is 0.971 bits per heavy atom. The molecule has 0 saturated carbocycles. The topological polar surface area (TPSA) is 131 Å². The number of hydrogen-bond acceptors (Lipinski definition) is 6. The Bertz CT molecular complexity index is 1190. The molecule has 0 aliphatic heterocycles. The normalized spacial score (nSPS) is 12.9. The molecule has 1 heterocycles. The second-order valence-corrected chi connectivity index (χ2v) is 8.08. The number of nitrogens with zero attached hydrogens (tertiary/aromatic N) is 2. The zero-order valence-corrected chi connectivity index (χ0v) is 18.7. The van der Waals surface area contributed by atoms with E-state index in [1.807, 2.05) is 48.5 Å². The maximum atomic E-state index is 12.7. The van der Waals surface area contributed by atoms with Crippen LogP contribution in [0.5, 0.6) is 0 Å². The number of alkyl carbamates (subject to hydrolysis) is 1. The zero-order valence-electron chi connectivity index (χ0n) is 18.7. The van der Waals surface area contributed by atoms with Crippen molar-refractivity contribution >= 4 is 23.9 Å². The predicted octanol–water partition coefficient (Wildman–Crippen LogP) is 3.41. The highest BCUT2D eigenvalue weighted by atomic mass is 16.5. The summed E-state index contributed by atoms with van der Waals surface area (Å²) in [7, 11) is 0. The van der Waals surface area contributed by atoms with Crippen LogP contribution in [0.4, 0.5) is 10.7 Å². The lowest BCUT2D eigenvalue weighted by atomic mass is 9.98. The summed E-state index contributed by atoms with van der Waals surface area (Å²) in [6.07, 6.45) is -1.51. The van der Waals surface area contributed by atoms with Gasteiger partial charge in [0.2, 0.25) is 11.9 Å². The Labute approximate surface area is 196 Å². The maximum Gasteiger partial charge on any atom is 0.407 e. The number of hydrogen-bond donors (Lipinski definition) is 3. The number of aryl methyl sites for hydroxylation is 2. The lowest BCUT2D eigenvalue weighted by molar-refractivity contribution is -0.139. The molecule has 1 aliphatic rings. The van der Waals surface area contributed by atoms with E-state index in [0.29, 0.717) is 11.4 Å². The third kappa shape index (κ3) is 5.03. The van der Waals surface area contributed by atoms with Crippen LogP contribution in [0.1, 0.15) is 34.9 Å². The van der Waals surface area contributed by atoms with Crippen LogP contribution in [-0.2, 0) is 14.3 Å². The van der Waals surface area contributed by atoms with Crippen molar-refractivity contribution < 1.29 is 24.2 Å². The van der Waals surface area contributed by atoms with Gasteiger partial charge in [-0.1, -0.05) is 48.5 Å². The van der Waals surface area contributed by atoms with E-state index < -0.39 is 30.4 Å². The fourth-order valence-corrected chi connectivity index (χ4v) is 4.15. The van der Waals surface area contributed by atoms with Gasteiger partial charge in [0, 0.05) is 17.3 Å². The molecule has 34 heavy (non-hydrogen) atoms. The Hall–Kier alpha value is -4.27. The van der Waals surface area contributed by atoms with Crippen LogP contribution in [0.2, 0.25) is 0 Å². The Morgan fingerprint density at radius 2 is 1.53 bits per heavy atom. The van der Waals surface area contributed by atoms with Crippen LogP contribution in [0.25, 0.3) is 11.1 Å². The first kappa shape index (κ1) is 22.9.